The van der Waals surface area contributed by atoms with Gasteiger partial charge in [0.15, 0.2) is 11.5 Å². The molecule has 3 aliphatic heterocycles. The predicted octanol–water partition coefficient (Wildman–Crippen LogP) is 0.792. The van der Waals surface area contributed by atoms with Crippen LogP contribution in [0.3, 0.4) is 0 Å². The first-order chi connectivity index (χ1) is 11.6. The van der Waals surface area contributed by atoms with Crippen LogP contribution in [0, 0.1) is 5.92 Å². The van der Waals surface area contributed by atoms with E-state index in [1.165, 1.54) is 0 Å². The summed E-state index contributed by atoms with van der Waals surface area (Å²) in [6.07, 6.45) is 1.08. The number of hydrogen-bond acceptors (Lipinski definition) is 5. The Morgan fingerprint density at radius 3 is 2.64 bits per heavy atom. The number of likely N-dealkylation sites (tertiary alicyclic amines) is 1. The quantitative estimate of drug-likeness (QED) is 0.835. The van der Waals surface area contributed by atoms with Crippen molar-refractivity contribution in [1.29, 1.82) is 0 Å². The zero-order valence-corrected chi connectivity index (χ0v) is 14.7. The Balaban J connectivity index is 0.00000182. The van der Waals surface area contributed by atoms with Crippen LogP contribution in [0.4, 0.5) is 5.69 Å². The van der Waals surface area contributed by atoms with Crippen LogP contribution in [0.5, 0.6) is 11.5 Å². The summed E-state index contributed by atoms with van der Waals surface area (Å²) in [7, 11) is 0. The Morgan fingerprint density at radius 2 is 1.92 bits per heavy atom. The van der Waals surface area contributed by atoms with Crippen LogP contribution < -0.4 is 20.1 Å². The van der Waals surface area contributed by atoms with Gasteiger partial charge in [0.2, 0.25) is 11.8 Å². The Bertz CT molecular complexity index is 684. The summed E-state index contributed by atoms with van der Waals surface area (Å²) in [4.78, 5) is 28.4. The second kappa shape index (κ2) is 7.09. The summed E-state index contributed by atoms with van der Waals surface area (Å²) in [5.41, 5.74) is 6.62. The zero-order chi connectivity index (χ0) is 16.7. The van der Waals surface area contributed by atoms with E-state index >= 15 is 0 Å². The number of halogens is 1. The highest BCUT2D eigenvalue weighted by Gasteiger charge is 2.38. The largest absolute Gasteiger partial charge is 0.486 e. The number of carbonyl (C=O) groups excluding carboxylic acids is 2. The minimum absolute atomic E-state index is 0. The molecule has 25 heavy (non-hydrogen) atoms. The lowest BCUT2D eigenvalue weighted by atomic mass is 10.1. The second-order valence-corrected chi connectivity index (χ2v) is 6.57. The highest BCUT2D eigenvalue weighted by atomic mass is 35.5. The molecule has 1 aromatic rings. The molecule has 0 saturated carbocycles. The van der Waals surface area contributed by atoms with Gasteiger partial charge in [0.1, 0.15) is 13.2 Å². The molecule has 2 fully saturated rings. The van der Waals surface area contributed by atoms with Crippen LogP contribution in [0.25, 0.3) is 0 Å². The number of carbonyl (C=O) groups is 2. The van der Waals surface area contributed by atoms with Gasteiger partial charge in [0.25, 0.3) is 0 Å². The summed E-state index contributed by atoms with van der Waals surface area (Å²) >= 11 is 0. The minimum atomic E-state index is -0.295. The number of benzene rings is 1. The van der Waals surface area contributed by atoms with Crippen molar-refractivity contribution in [1.82, 2.24) is 4.90 Å². The molecule has 136 valence electrons. The standard InChI is InChI=1S/C17H21N3O4.ClH/c18-12-3-4-19(10-12)17(22)11-7-16(21)20(9-11)13-1-2-14-15(8-13)24-6-5-23-14;/h1-2,8,11-12H,3-7,9-10,18H2;1H/t11?,12-;/m1./s1. The monoisotopic (exact) mass is 367 g/mol. The topological polar surface area (TPSA) is 85.1 Å². The Hall–Kier alpha value is -1.99. The first-order valence-electron chi connectivity index (χ1n) is 8.36. The molecule has 2 atom stereocenters. The smallest absolute Gasteiger partial charge is 0.228 e. The van der Waals surface area contributed by atoms with Gasteiger partial charge >= 0.3 is 0 Å². The van der Waals surface area contributed by atoms with Crippen molar-refractivity contribution >= 4 is 29.9 Å². The third-order valence-electron chi connectivity index (χ3n) is 4.85. The fraction of sp³-hybridized carbons (Fsp3) is 0.529. The van der Waals surface area contributed by atoms with Crippen molar-refractivity contribution in [3.05, 3.63) is 18.2 Å². The molecule has 0 aromatic heterocycles. The van der Waals surface area contributed by atoms with Crippen LogP contribution in [-0.4, -0.2) is 55.6 Å². The van der Waals surface area contributed by atoms with Crippen molar-refractivity contribution in [2.45, 2.75) is 18.9 Å². The fourth-order valence-corrected chi connectivity index (χ4v) is 3.57. The Morgan fingerprint density at radius 1 is 1.16 bits per heavy atom. The first kappa shape index (κ1) is 17.8. The van der Waals surface area contributed by atoms with Gasteiger partial charge in [-0.1, -0.05) is 0 Å². The van der Waals surface area contributed by atoms with E-state index in [1.807, 2.05) is 18.2 Å². The average Bonchev–Trinajstić information content (AvgIpc) is 3.20. The molecule has 2 saturated heterocycles. The molecule has 2 amide bonds. The molecule has 0 radical (unpaired) electrons. The predicted molar refractivity (Wildman–Crippen MR) is 94.3 cm³/mol. The lowest BCUT2D eigenvalue weighted by molar-refractivity contribution is -0.134. The van der Waals surface area contributed by atoms with E-state index in [9.17, 15) is 9.59 Å². The zero-order valence-electron chi connectivity index (χ0n) is 13.8. The van der Waals surface area contributed by atoms with Crippen molar-refractivity contribution in [2.24, 2.45) is 11.7 Å². The maximum Gasteiger partial charge on any atom is 0.228 e. The number of fused-ring (bicyclic) bond motifs is 1. The summed E-state index contributed by atoms with van der Waals surface area (Å²) in [6.45, 7) is 2.72. The Kier molecular flexibility index (Phi) is 5.06. The van der Waals surface area contributed by atoms with Gasteiger partial charge in [-0.15, -0.1) is 12.4 Å². The summed E-state index contributed by atoms with van der Waals surface area (Å²) < 4.78 is 11.1. The number of hydrogen-bond donors (Lipinski definition) is 1. The van der Waals surface area contributed by atoms with Crippen molar-refractivity contribution < 1.29 is 19.1 Å². The van der Waals surface area contributed by atoms with Crippen LogP contribution >= 0.6 is 12.4 Å². The maximum absolute atomic E-state index is 12.6. The number of rotatable bonds is 2. The molecule has 1 aromatic carbocycles. The minimum Gasteiger partial charge on any atom is -0.486 e. The van der Waals surface area contributed by atoms with Gasteiger partial charge < -0.3 is 25.0 Å². The third kappa shape index (κ3) is 3.39. The van der Waals surface area contributed by atoms with E-state index in [-0.39, 0.29) is 42.6 Å². The van der Waals surface area contributed by atoms with Crippen LogP contribution in [0.1, 0.15) is 12.8 Å². The molecule has 2 N–H and O–H groups in total. The number of ether oxygens (including phenoxy) is 2. The van der Waals surface area contributed by atoms with Gasteiger partial charge in [-0.05, 0) is 18.6 Å². The maximum atomic E-state index is 12.6. The van der Waals surface area contributed by atoms with E-state index in [0.29, 0.717) is 44.3 Å². The summed E-state index contributed by atoms with van der Waals surface area (Å²) in [5.74, 6) is 1.04. The number of amides is 2. The molecular formula is C17H22ClN3O4. The van der Waals surface area contributed by atoms with Crippen molar-refractivity contribution in [3.8, 4) is 11.5 Å². The highest BCUT2D eigenvalue weighted by molar-refractivity contribution is 6.00. The number of anilines is 1. The molecule has 8 heteroatoms. The molecular weight excluding hydrogens is 346 g/mol. The van der Waals surface area contributed by atoms with Gasteiger partial charge in [-0.2, -0.15) is 0 Å². The van der Waals surface area contributed by atoms with Gasteiger partial charge in [0, 0.05) is 43.9 Å². The van der Waals surface area contributed by atoms with Crippen LogP contribution in [0.15, 0.2) is 18.2 Å². The fourth-order valence-electron chi connectivity index (χ4n) is 3.57. The lowest BCUT2D eigenvalue weighted by Gasteiger charge is -2.23. The normalized spacial score (nSPS) is 25.1. The van der Waals surface area contributed by atoms with Crippen LogP contribution in [-0.2, 0) is 9.59 Å². The van der Waals surface area contributed by atoms with Crippen molar-refractivity contribution in [3.63, 3.8) is 0 Å². The lowest BCUT2D eigenvalue weighted by Crippen LogP contribution is -2.37. The second-order valence-electron chi connectivity index (χ2n) is 6.57. The van der Waals surface area contributed by atoms with Crippen LogP contribution in [0.2, 0.25) is 0 Å². The van der Waals surface area contributed by atoms with Crippen molar-refractivity contribution in [2.75, 3.05) is 37.7 Å². The molecule has 0 spiro atoms. The summed E-state index contributed by atoms with van der Waals surface area (Å²) in [6, 6.07) is 5.51. The Labute approximate surface area is 152 Å². The molecule has 7 nitrogen and oxygen atoms in total. The van der Waals surface area contributed by atoms with E-state index < -0.39 is 0 Å². The van der Waals surface area contributed by atoms with E-state index in [1.54, 1.807) is 9.80 Å². The first-order valence-corrected chi connectivity index (χ1v) is 8.36. The highest BCUT2D eigenvalue weighted by Crippen LogP contribution is 2.36. The number of nitrogens with two attached hydrogens (primary N) is 1. The molecule has 1 unspecified atom stereocenters. The van der Waals surface area contributed by atoms with Gasteiger partial charge in [0.05, 0.1) is 5.92 Å². The average molecular weight is 368 g/mol. The third-order valence-corrected chi connectivity index (χ3v) is 4.85. The van der Waals surface area contributed by atoms with E-state index in [4.69, 9.17) is 15.2 Å². The molecule has 0 bridgehead atoms. The SMILES string of the molecule is Cl.N[C@@H]1CCN(C(=O)C2CC(=O)N(c3ccc4c(c3)OCCO4)C2)C1. The number of nitrogens with zero attached hydrogens (tertiary/aromatic N) is 2. The van der Waals surface area contributed by atoms with Gasteiger partial charge in [-0.3, -0.25) is 9.59 Å². The molecule has 3 heterocycles. The molecule has 3 aliphatic rings. The van der Waals surface area contributed by atoms with E-state index in [0.717, 1.165) is 12.1 Å². The molecule has 4 rings (SSSR count). The van der Waals surface area contributed by atoms with E-state index in [2.05, 4.69) is 0 Å². The summed E-state index contributed by atoms with van der Waals surface area (Å²) in [5, 5.41) is 0. The van der Waals surface area contributed by atoms with Gasteiger partial charge in [-0.25, -0.2) is 0 Å². The molecule has 0 aliphatic carbocycles.